The van der Waals surface area contributed by atoms with Crippen LogP contribution in [0.15, 0.2) is 18.5 Å². The summed E-state index contributed by atoms with van der Waals surface area (Å²) in [5, 5.41) is 11.9. The predicted octanol–water partition coefficient (Wildman–Crippen LogP) is -0.339. The lowest BCUT2D eigenvalue weighted by atomic mass is 10.0. The minimum absolute atomic E-state index is 0.0621. The molecule has 2 aromatic rings. The van der Waals surface area contributed by atoms with Crippen LogP contribution in [0.3, 0.4) is 0 Å². The lowest BCUT2D eigenvalue weighted by molar-refractivity contribution is 0.532. The van der Waals surface area contributed by atoms with Crippen LogP contribution in [0.2, 0.25) is 0 Å². The first kappa shape index (κ1) is 11.6. The average Bonchev–Trinajstić information content (AvgIpc) is 2.73. The summed E-state index contributed by atoms with van der Waals surface area (Å²) in [6.07, 6.45) is 4.14. The van der Waals surface area contributed by atoms with Crippen LogP contribution in [0.5, 0.6) is 0 Å². The number of aryl methyl sites for hydroxylation is 2. The van der Waals surface area contributed by atoms with Crippen molar-refractivity contribution in [3.05, 3.63) is 35.4 Å². The van der Waals surface area contributed by atoms with Gasteiger partial charge in [0.05, 0.1) is 13.1 Å². The topological polar surface area (TPSA) is 94.5 Å². The van der Waals surface area contributed by atoms with Crippen molar-refractivity contribution >= 4 is 0 Å². The number of aromatic nitrogens is 5. The molecular formula is C10H15N7. The van der Waals surface area contributed by atoms with Crippen molar-refractivity contribution in [3.63, 3.8) is 0 Å². The Bertz CT molecular complexity index is 493. The van der Waals surface area contributed by atoms with Crippen LogP contribution in [-0.4, -0.2) is 25.2 Å². The van der Waals surface area contributed by atoms with E-state index in [-0.39, 0.29) is 6.04 Å². The molecule has 0 bridgehead atoms. The molecule has 0 spiro atoms. The maximum Gasteiger partial charge on any atom is 0.176 e. The number of hydrogen-bond acceptors (Lipinski definition) is 6. The first-order chi connectivity index (χ1) is 8.20. The normalized spacial score (nSPS) is 12.6. The molecule has 0 radical (unpaired) electrons. The molecular weight excluding hydrogens is 218 g/mol. The average molecular weight is 233 g/mol. The maximum absolute atomic E-state index is 5.57. The van der Waals surface area contributed by atoms with E-state index in [4.69, 9.17) is 5.84 Å². The van der Waals surface area contributed by atoms with E-state index in [9.17, 15) is 0 Å². The van der Waals surface area contributed by atoms with Crippen molar-refractivity contribution in [2.75, 3.05) is 0 Å². The molecule has 7 heteroatoms. The van der Waals surface area contributed by atoms with Gasteiger partial charge < -0.3 is 0 Å². The Morgan fingerprint density at radius 3 is 2.94 bits per heavy atom. The van der Waals surface area contributed by atoms with Crippen molar-refractivity contribution in [1.82, 2.24) is 30.6 Å². The molecule has 0 amide bonds. The molecule has 2 aromatic heterocycles. The van der Waals surface area contributed by atoms with E-state index in [0.29, 0.717) is 12.2 Å². The molecule has 0 saturated carbocycles. The SMILES string of the molecule is Cc1ccncc1C(Cc1nnn(C)n1)NN. The minimum Gasteiger partial charge on any atom is -0.271 e. The van der Waals surface area contributed by atoms with Gasteiger partial charge in [0, 0.05) is 18.8 Å². The molecule has 0 fully saturated rings. The van der Waals surface area contributed by atoms with Crippen LogP contribution < -0.4 is 11.3 Å². The maximum atomic E-state index is 5.57. The molecule has 3 N–H and O–H groups in total. The highest BCUT2D eigenvalue weighted by Gasteiger charge is 2.15. The molecule has 7 nitrogen and oxygen atoms in total. The molecule has 0 saturated heterocycles. The van der Waals surface area contributed by atoms with Gasteiger partial charge in [-0.2, -0.15) is 4.80 Å². The van der Waals surface area contributed by atoms with E-state index in [0.717, 1.165) is 11.1 Å². The number of hydrazine groups is 1. The summed E-state index contributed by atoms with van der Waals surface area (Å²) < 4.78 is 0. The number of nitrogens with two attached hydrogens (primary N) is 1. The van der Waals surface area contributed by atoms with E-state index >= 15 is 0 Å². The van der Waals surface area contributed by atoms with Crippen LogP contribution in [0.4, 0.5) is 0 Å². The highest BCUT2D eigenvalue weighted by molar-refractivity contribution is 5.25. The van der Waals surface area contributed by atoms with Gasteiger partial charge >= 0.3 is 0 Å². The Labute approximate surface area is 99.0 Å². The number of rotatable bonds is 4. The van der Waals surface area contributed by atoms with Gasteiger partial charge in [-0.3, -0.25) is 16.3 Å². The minimum atomic E-state index is -0.0621. The highest BCUT2D eigenvalue weighted by Crippen LogP contribution is 2.18. The summed E-state index contributed by atoms with van der Waals surface area (Å²) in [5.74, 6) is 6.22. The van der Waals surface area contributed by atoms with E-state index in [2.05, 4.69) is 25.8 Å². The number of nitrogens with one attached hydrogen (secondary N) is 1. The predicted molar refractivity (Wildman–Crippen MR) is 61.5 cm³/mol. The Balaban J connectivity index is 2.20. The summed E-state index contributed by atoms with van der Waals surface area (Å²) in [5.41, 5.74) is 4.94. The third kappa shape index (κ3) is 2.63. The second-order valence-corrected chi connectivity index (χ2v) is 3.85. The van der Waals surface area contributed by atoms with Crippen LogP contribution in [0.1, 0.15) is 23.0 Å². The van der Waals surface area contributed by atoms with Crippen molar-refractivity contribution in [3.8, 4) is 0 Å². The van der Waals surface area contributed by atoms with Crippen molar-refractivity contribution < 1.29 is 0 Å². The molecule has 2 rings (SSSR count). The Kier molecular flexibility index (Phi) is 3.40. The van der Waals surface area contributed by atoms with Gasteiger partial charge in [0.2, 0.25) is 0 Å². The zero-order chi connectivity index (χ0) is 12.3. The van der Waals surface area contributed by atoms with Gasteiger partial charge in [-0.25, -0.2) is 0 Å². The molecule has 0 aliphatic heterocycles. The lowest BCUT2D eigenvalue weighted by Gasteiger charge is -2.15. The molecule has 17 heavy (non-hydrogen) atoms. The second-order valence-electron chi connectivity index (χ2n) is 3.85. The second kappa shape index (κ2) is 4.98. The van der Waals surface area contributed by atoms with Crippen LogP contribution in [0.25, 0.3) is 0 Å². The molecule has 90 valence electrons. The molecule has 0 aliphatic rings. The number of tetrazole rings is 1. The number of pyridine rings is 1. The monoisotopic (exact) mass is 233 g/mol. The summed E-state index contributed by atoms with van der Waals surface area (Å²) in [4.78, 5) is 5.53. The van der Waals surface area contributed by atoms with Gasteiger partial charge in [0.25, 0.3) is 0 Å². The van der Waals surface area contributed by atoms with Gasteiger partial charge in [-0.1, -0.05) is 0 Å². The molecule has 1 atom stereocenters. The van der Waals surface area contributed by atoms with E-state index in [1.165, 1.54) is 4.80 Å². The molecule has 1 unspecified atom stereocenters. The fourth-order valence-corrected chi connectivity index (χ4v) is 1.69. The summed E-state index contributed by atoms with van der Waals surface area (Å²) >= 11 is 0. The zero-order valence-electron chi connectivity index (χ0n) is 9.83. The van der Waals surface area contributed by atoms with Crippen molar-refractivity contribution in [2.45, 2.75) is 19.4 Å². The van der Waals surface area contributed by atoms with Gasteiger partial charge in [0.15, 0.2) is 5.82 Å². The van der Waals surface area contributed by atoms with Gasteiger partial charge in [-0.15, -0.1) is 10.2 Å². The van der Waals surface area contributed by atoms with E-state index in [1.54, 1.807) is 19.4 Å². The summed E-state index contributed by atoms with van der Waals surface area (Å²) in [6, 6.07) is 1.89. The van der Waals surface area contributed by atoms with Crippen LogP contribution in [-0.2, 0) is 13.5 Å². The van der Waals surface area contributed by atoms with Crippen molar-refractivity contribution in [1.29, 1.82) is 0 Å². The highest BCUT2D eigenvalue weighted by atomic mass is 15.6. The van der Waals surface area contributed by atoms with Crippen LogP contribution >= 0.6 is 0 Å². The Morgan fingerprint density at radius 2 is 2.35 bits per heavy atom. The molecule has 0 aliphatic carbocycles. The van der Waals surface area contributed by atoms with Crippen molar-refractivity contribution in [2.24, 2.45) is 12.9 Å². The zero-order valence-corrected chi connectivity index (χ0v) is 9.83. The lowest BCUT2D eigenvalue weighted by Crippen LogP contribution is -2.30. The first-order valence-corrected chi connectivity index (χ1v) is 5.30. The quantitative estimate of drug-likeness (QED) is 0.554. The first-order valence-electron chi connectivity index (χ1n) is 5.30. The molecule has 0 aromatic carbocycles. The number of nitrogens with zero attached hydrogens (tertiary/aromatic N) is 5. The standard InChI is InChI=1S/C10H15N7/c1-7-3-4-12-6-8(7)9(13-11)5-10-14-16-17(2)15-10/h3-4,6,9,13H,5,11H2,1-2H3. The summed E-state index contributed by atoms with van der Waals surface area (Å²) in [7, 11) is 1.73. The largest absolute Gasteiger partial charge is 0.271 e. The third-order valence-electron chi connectivity index (χ3n) is 2.59. The number of hydrogen-bond donors (Lipinski definition) is 2. The van der Waals surface area contributed by atoms with Crippen LogP contribution in [0, 0.1) is 6.92 Å². The fourth-order valence-electron chi connectivity index (χ4n) is 1.69. The smallest absolute Gasteiger partial charge is 0.176 e. The molecule has 2 heterocycles. The van der Waals surface area contributed by atoms with Gasteiger partial charge in [0.1, 0.15) is 0 Å². The third-order valence-corrected chi connectivity index (χ3v) is 2.59. The van der Waals surface area contributed by atoms with Gasteiger partial charge in [-0.05, 0) is 29.3 Å². The Hall–Kier alpha value is -1.86. The fraction of sp³-hybridized carbons (Fsp3) is 0.400. The van der Waals surface area contributed by atoms with E-state index in [1.807, 2.05) is 13.0 Å². The van der Waals surface area contributed by atoms with E-state index < -0.39 is 0 Å². The Morgan fingerprint density at radius 1 is 1.53 bits per heavy atom. The summed E-state index contributed by atoms with van der Waals surface area (Å²) in [6.45, 7) is 2.02.